The van der Waals surface area contributed by atoms with Crippen molar-refractivity contribution in [1.29, 1.82) is 0 Å². The zero-order valence-corrected chi connectivity index (χ0v) is 19.1. The molecular weight excluding hydrogens is 391 g/mol. The van der Waals surface area contributed by atoms with Crippen LogP contribution in [-0.2, 0) is 4.74 Å². The van der Waals surface area contributed by atoms with Gasteiger partial charge in [0.05, 0.1) is 0 Å². The molecule has 0 bridgehead atoms. The molecule has 0 saturated carbocycles. The normalized spacial score (nSPS) is 13.6. The molecule has 2 nitrogen and oxygen atoms in total. The van der Waals surface area contributed by atoms with Gasteiger partial charge in [-0.25, -0.2) is 0 Å². The number of allylic oxidation sites excluding steroid dienone is 1. The molecule has 0 spiro atoms. The summed E-state index contributed by atoms with van der Waals surface area (Å²) in [4.78, 5) is 0. The Morgan fingerprint density at radius 2 is 1.39 bits per heavy atom. The molecule has 0 heterocycles. The van der Waals surface area contributed by atoms with E-state index in [-0.39, 0.29) is 6.61 Å². The van der Waals surface area contributed by atoms with Crippen molar-refractivity contribution in [3.63, 3.8) is 0 Å². The van der Waals surface area contributed by atoms with Gasteiger partial charge in [0, 0.05) is 0 Å². The molecular formula is C20H42O2Sn. The Labute approximate surface area is 150 Å². The zero-order valence-electron chi connectivity index (χ0n) is 16.3. The van der Waals surface area contributed by atoms with Crippen molar-refractivity contribution in [2.24, 2.45) is 0 Å². The van der Waals surface area contributed by atoms with Crippen molar-refractivity contribution >= 4 is 18.4 Å². The second kappa shape index (κ2) is 15.8. The van der Waals surface area contributed by atoms with Crippen LogP contribution in [0, 0.1) is 0 Å². The number of rotatable bonds is 16. The van der Waals surface area contributed by atoms with Crippen LogP contribution in [0.15, 0.2) is 12.3 Å². The average Bonchev–Trinajstić information content (AvgIpc) is 2.58. The summed E-state index contributed by atoms with van der Waals surface area (Å²) in [6.07, 6.45) is 14.7. The van der Waals surface area contributed by atoms with Crippen LogP contribution in [0.2, 0.25) is 17.2 Å². The summed E-state index contributed by atoms with van der Waals surface area (Å²) < 4.78 is 11.1. The van der Waals surface area contributed by atoms with E-state index >= 15 is 0 Å². The quantitative estimate of drug-likeness (QED) is 0.170. The second-order valence-corrected chi connectivity index (χ2v) is 21.1. The molecule has 0 saturated heterocycles. The number of aliphatic hydroxyl groups is 1. The van der Waals surface area contributed by atoms with Crippen LogP contribution in [-0.4, -0.2) is 36.7 Å². The molecule has 0 aromatic carbocycles. The first kappa shape index (κ1) is 23.3. The molecule has 0 aromatic heterocycles. The Morgan fingerprint density at radius 3 is 1.78 bits per heavy atom. The minimum atomic E-state index is -2.16. The fourth-order valence-electron chi connectivity index (χ4n) is 3.66. The zero-order chi connectivity index (χ0) is 17.4. The van der Waals surface area contributed by atoms with Crippen molar-refractivity contribution in [3.05, 3.63) is 12.3 Å². The molecule has 0 rings (SSSR count). The fourth-order valence-corrected chi connectivity index (χ4v) is 21.9. The van der Waals surface area contributed by atoms with Crippen molar-refractivity contribution in [2.45, 2.75) is 96.3 Å². The van der Waals surface area contributed by atoms with Gasteiger partial charge in [-0.3, -0.25) is 0 Å². The molecule has 3 heteroatoms. The van der Waals surface area contributed by atoms with E-state index in [0.717, 1.165) is 10.4 Å². The molecule has 0 aliphatic rings. The summed E-state index contributed by atoms with van der Waals surface area (Å²) in [6, 6.07) is 0. The standard InChI is InChI=1S/C8H15O2.3C4H9.Sn/c1-2-3-4-7-10-8-5-6-9;3*1-3-4-2;/h3-4,7,9H,2,5-6,8H2,1H3;3*1,3-4H2,2H3;/b7-4-;;;;. The molecule has 0 fully saturated rings. The number of hydrogen-bond acceptors (Lipinski definition) is 2. The molecule has 1 N–H and O–H groups in total. The third-order valence-electron chi connectivity index (χ3n) is 5.14. The first-order chi connectivity index (χ1) is 11.2. The van der Waals surface area contributed by atoms with E-state index in [1.165, 1.54) is 44.9 Å². The molecule has 0 aliphatic heterocycles. The number of aliphatic hydroxyl groups excluding tert-OH is 1. The van der Waals surface area contributed by atoms with E-state index in [0.29, 0.717) is 6.61 Å². The van der Waals surface area contributed by atoms with E-state index in [1.807, 2.05) is 6.26 Å². The van der Waals surface area contributed by atoms with Crippen LogP contribution in [0.25, 0.3) is 0 Å². The topological polar surface area (TPSA) is 29.5 Å². The summed E-state index contributed by atoms with van der Waals surface area (Å²) in [6.45, 7) is 10.3. The summed E-state index contributed by atoms with van der Waals surface area (Å²) in [5.41, 5.74) is 0. The minimum absolute atomic E-state index is 0.220. The van der Waals surface area contributed by atoms with Gasteiger partial charge >= 0.3 is 150 Å². The van der Waals surface area contributed by atoms with Gasteiger partial charge in [0.1, 0.15) is 0 Å². The molecule has 138 valence electrons. The van der Waals surface area contributed by atoms with E-state index < -0.39 is 18.4 Å². The average molecular weight is 433 g/mol. The van der Waals surface area contributed by atoms with Gasteiger partial charge in [0.25, 0.3) is 0 Å². The summed E-state index contributed by atoms with van der Waals surface area (Å²) in [5.74, 6) is 0. The van der Waals surface area contributed by atoms with Crippen molar-refractivity contribution < 1.29 is 9.84 Å². The Hall–Kier alpha value is 0.299. The molecule has 0 aromatic rings. The van der Waals surface area contributed by atoms with Crippen LogP contribution in [0.1, 0.15) is 79.1 Å². The van der Waals surface area contributed by atoms with Crippen LogP contribution in [0.3, 0.4) is 0 Å². The Bertz CT molecular complexity index is 257. The third kappa shape index (κ3) is 10.0. The fraction of sp³-hybridized carbons (Fsp3) is 0.900. The predicted molar refractivity (Wildman–Crippen MR) is 106 cm³/mol. The monoisotopic (exact) mass is 434 g/mol. The molecule has 23 heavy (non-hydrogen) atoms. The van der Waals surface area contributed by atoms with Gasteiger partial charge < -0.3 is 0 Å². The maximum atomic E-state index is 8.85. The van der Waals surface area contributed by atoms with Crippen molar-refractivity contribution in [1.82, 2.24) is 0 Å². The van der Waals surface area contributed by atoms with E-state index in [2.05, 4.69) is 33.8 Å². The molecule has 0 radical (unpaired) electrons. The van der Waals surface area contributed by atoms with E-state index in [4.69, 9.17) is 9.84 Å². The van der Waals surface area contributed by atoms with E-state index in [1.54, 1.807) is 13.3 Å². The van der Waals surface area contributed by atoms with Gasteiger partial charge in [0.15, 0.2) is 0 Å². The van der Waals surface area contributed by atoms with Crippen LogP contribution in [0.5, 0.6) is 0 Å². The Kier molecular flexibility index (Phi) is 16.0. The van der Waals surface area contributed by atoms with Gasteiger partial charge in [0.2, 0.25) is 0 Å². The Morgan fingerprint density at radius 1 is 0.870 bits per heavy atom. The number of hydrogen-bond donors (Lipinski definition) is 1. The van der Waals surface area contributed by atoms with Crippen LogP contribution < -0.4 is 0 Å². The van der Waals surface area contributed by atoms with Crippen LogP contribution in [0.4, 0.5) is 0 Å². The SMILES string of the molecule is CCC[CH2][Sn]([CH2]CCC)([CH2]CCC)[CH](/C=C\OCCCO)CC. The van der Waals surface area contributed by atoms with Gasteiger partial charge in [-0.1, -0.05) is 0 Å². The second-order valence-electron chi connectivity index (χ2n) is 6.96. The van der Waals surface area contributed by atoms with Crippen molar-refractivity contribution in [2.75, 3.05) is 13.2 Å². The number of unbranched alkanes of at least 4 members (excludes halogenated alkanes) is 3. The number of ether oxygens (including phenoxy) is 1. The molecule has 1 atom stereocenters. The van der Waals surface area contributed by atoms with Gasteiger partial charge in [-0.15, -0.1) is 0 Å². The third-order valence-corrected chi connectivity index (χ3v) is 22.9. The van der Waals surface area contributed by atoms with E-state index in [9.17, 15) is 0 Å². The summed E-state index contributed by atoms with van der Waals surface area (Å²) in [7, 11) is 0. The summed E-state index contributed by atoms with van der Waals surface area (Å²) >= 11 is -2.16. The summed E-state index contributed by atoms with van der Waals surface area (Å²) in [5, 5.41) is 8.85. The Balaban J connectivity index is 5.01. The first-order valence-electron chi connectivity index (χ1n) is 10.1. The first-order valence-corrected chi connectivity index (χ1v) is 17.8. The van der Waals surface area contributed by atoms with Crippen molar-refractivity contribution in [3.8, 4) is 0 Å². The van der Waals surface area contributed by atoms with Crippen LogP contribution >= 0.6 is 0 Å². The van der Waals surface area contributed by atoms with Gasteiger partial charge in [-0.05, 0) is 0 Å². The predicted octanol–water partition coefficient (Wildman–Crippen LogP) is 6.53. The molecule has 1 unspecified atom stereocenters. The maximum absolute atomic E-state index is 8.85. The molecule has 0 amide bonds. The van der Waals surface area contributed by atoms with Gasteiger partial charge in [-0.2, -0.15) is 0 Å². The molecule has 0 aliphatic carbocycles.